The Morgan fingerprint density at radius 1 is 0.857 bits per heavy atom. The van der Waals surface area contributed by atoms with E-state index in [1.54, 1.807) is 6.55 Å². The molecule has 0 rings (SSSR count). The molecule has 14 heavy (non-hydrogen) atoms. The lowest BCUT2D eigenvalue weighted by Crippen LogP contribution is -2.37. The third-order valence-corrected chi connectivity index (χ3v) is 12.7. The molecule has 0 heterocycles. The molecule has 0 aliphatic carbocycles. The summed E-state index contributed by atoms with van der Waals surface area (Å²) in [6.07, 6.45) is 0. The van der Waals surface area contributed by atoms with Gasteiger partial charge in [-0.2, -0.15) is 11.1 Å². The van der Waals surface area contributed by atoms with Gasteiger partial charge in [0.15, 0.2) is 7.38 Å². The molecule has 0 aliphatic heterocycles. The lowest BCUT2D eigenvalue weighted by atomic mass is 11.2. The predicted molar refractivity (Wildman–Crippen MR) is 78.1 cm³/mol. The molecule has 0 aliphatic rings. The van der Waals surface area contributed by atoms with Crippen LogP contribution in [0, 0.1) is 0 Å². The largest absolute Gasteiger partial charge is 0.270 e. The zero-order chi connectivity index (χ0) is 11.8. The first kappa shape index (κ1) is 15.8. The normalized spacial score (nSPS) is 15.9. The van der Waals surface area contributed by atoms with Crippen LogP contribution in [0.1, 0.15) is 0 Å². The molecule has 0 unspecified atom stereocenters. The van der Waals surface area contributed by atoms with Crippen LogP contribution in [0.25, 0.3) is 0 Å². The zero-order valence-electron chi connectivity index (χ0n) is 8.47. The van der Waals surface area contributed by atoms with Crippen LogP contribution in [0.4, 0.5) is 0 Å². The maximum atomic E-state index is 6.33. The van der Waals surface area contributed by atoms with Crippen molar-refractivity contribution in [2.24, 2.45) is 0 Å². The molecule has 0 nitrogen and oxygen atoms in total. The van der Waals surface area contributed by atoms with Crippen molar-refractivity contribution in [2.75, 3.05) is 0 Å². The van der Waals surface area contributed by atoms with Gasteiger partial charge in [-0.1, -0.05) is 23.6 Å². The number of halogens is 5. The van der Waals surface area contributed by atoms with Crippen molar-refractivity contribution in [2.45, 2.75) is 26.2 Å². The first-order valence-corrected chi connectivity index (χ1v) is 17.2. The molecule has 0 aromatic rings. The van der Waals surface area contributed by atoms with E-state index in [1.165, 1.54) is 0 Å². The predicted octanol–water partition coefficient (Wildman–Crippen LogP) is 5.07. The van der Waals surface area contributed by atoms with Crippen molar-refractivity contribution >= 4 is 76.2 Å². The van der Waals surface area contributed by atoms with Gasteiger partial charge in [0.05, 0.1) is 0 Å². The van der Waals surface area contributed by atoms with Gasteiger partial charge in [0.2, 0.25) is 0 Å². The minimum absolute atomic E-state index is 0.925. The first-order chi connectivity index (χ1) is 5.84. The van der Waals surface area contributed by atoms with Crippen LogP contribution < -0.4 is 0 Å². The van der Waals surface area contributed by atoms with E-state index in [1.807, 2.05) is 25.3 Å². The van der Waals surface area contributed by atoms with Crippen molar-refractivity contribution < 1.29 is 0 Å². The molecule has 0 aromatic heterocycles. The highest BCUT2D eigenvalue weighted by Crippen LogP contribution is 2.36. The fourth-order valence-corrected chi connectivity index (χ4v) is 19.9. The summed E-state index contributed by atoms with van der Waals surface area (Å²) in [7, 11) is -2.03. The summed E-state index contributed by atoms with van der Waals surface area (Å²) in [5, 5.41) is 0. The Hall–Kier alpha value is 1.84. The van der Waals surface area contributed by atoms with Gasteiger partial charge in [0.1, 0.15) is 0 Å². The Labute approximate surface area is 112 Å². The maximum absolute atomic E-state index is 6.33. The van der Waals surface area contributed by atoms with Crippen molar-refractivity contribution in [3.05, 3.63) is 10.5 Å². The fraction of sp³-hybridized carbons (Fsp3) is 0.667. The van der Waals surface area contributed by atoms with Crippen molar-refractivity contribution in [3.8, 4) is 0 Å². The van der Waals surface area contributed by atoms with Crippen LogP contribution in [0.15, 0.2) is 10.5 Å². The van der Waals surface area contributed by atoms with Gasteiger partial charge in [0.25, 0.3) is 13.4 Å². The summed E-state index contributed by atoms with van der Waals surface area (Å²) < 4.78 is 0. The van der Waals surface area contributed by atoms with Crippen LogP contribution >= 0.6 is 55.4 Å². The second-order valence-corrected chi connectivity index (χ2v) is 25.6. The maximum Gasteiger partial charge on any atom is 0.270 e. The molecule has 0 atom stereocenters. The van der Waals surface area contributed by atoms with Crippen molar-refractivity contribution in [1.29, 1.82) is 0 Å². The lowest BCUT2D eigenvalue weighted by molar-refractivity contribution is 1.86. The second-order valence-electron chi connectivity index (χ2n) is 3.88. The second kappa shape index (κ2) is 5.00. The Morgan fingerprint density at radius 2 is 1.21 bits per heavy atom. The van der Waals surface area contributed by atoms with E-state index < -0.39 is 20.8 Å². The molecule has 0 radical (unpaired) electrons. The Balaban J connectivity index is 5.26. The van der Waals surface area contributed by atoms with E-state index in [0.717, 1.165) is 4.82 Å². The zero-order valence-corrected chi connectivity index (χ0v) is 15.2. The van der Waals surface area contributed by atoms with Crippen molar-refractivity contribution in [3.63, 3.8) is 0 Å². The highest BCUT2D eigenvalue weighted by atomic mass is 35.7. The molecular formula is C6H13Cl5Si3. The quantitative estimate of drug-likeness (QED) is 0.494. The number of hydrogen-bond acceptors (Lipinski definition) is 0. The molecule has 0 saturated heterocycles. The van der Waals surface area contributed by atoms with Gasteiger partial charge in [-0.15, -0.1) is 44.3 Å². The molecule has 0 amide bonds. The summed E-state index contributed by atoms with van der Waals surface area (Å²) in [5.74, 6) is 0. The SMILES string of the molecule is C[Si](Cl)(Cl)/C=C(/[Si](C)(C)Cl)[Si](C)(Cl)Cl. The van der Waals surface area contributed by atoms with E-state index in [0.29, 0.717) is 0 Å². The van der Waals surface area contributed by atoms with E-state index in [2.05, 4.69) is 0 Å². The van der Waals surface area contributed by atoms with Gasteiger partial charge in [-0.3, -0.25) is 0 Å². The van der Waals surface area contributed by atoms with Gasteiger partial charge in [-0.25, -0.2) is 0 Å². The minimum Gasteiger partial charge on any atom is -0.162 e. The molecule has 0 bridgehead atoms. The molecule has 0 N–H and O–H groups in total. The summed E-state index contributed by atoms with van der Waals surface area (Å²) in [6, 6.07) is 0. The van der Waals surface area contributed by atoms with Crippen LogP contribution in [-0.2, 0) is 0 Å². The third-order valence-electron chi connectivity index (χ3n) is 1.51. The third kappa shape index (κ3) is 6.43. The van der Waals surface area contributed by atoms with Gasteiger partial charge in [-0.05, 0) is 13.1 Å². The summed E-state index contributed by atoms with van der Waals surface area (Å²) in [5.41, 5.74) is 1.83. The van der Waals surface area contributed by atoms with E-state index >= 15 is 0 Å². The van der Waals surface area contributed by atoms with Gasteiger partial charge in [0, 0.05) is 0 Å². The topological polar surface area (TPSA) is 0 Å². The highest BCUT2D eigenvalue weighted by Gasteiger charge is 2.40. The van der Waals surface area contributed by atoms with Crippen LogP contribution in [0.5, 0.6) is 0 Å². The van der Waals surface area contributed by atoms with Gasteiger partial charge < -0.3 is 0 Å². The Kier molecular flexibility index (Phi) is 5.66. The number of rotatable bonds is 3. The standard InChI is InChI=1S/C6H13Cl5Si3/c1-12(2,7)6(14(4,10)11)5-13(3,8)9/h5H,1-4H3/b6-5-. The smallest absolute Gasteiger partial charge is 0.162 e. The molecule has 0 spiro atoms. The monoisotopic (exact) mass is 344 g/mol. The molecule has 8 heteroatoms. The molecule has 0 fully saturated rings. The first-order valence-electron chi connectivity index (χ1n) is 4.02. The Bertz CT molecular complexity index is 215. The van der Waals surface area contributed by atoms with E-state index in [-0.39, 0.29) is 0 Å². The minimum atomic E-state index is -2.43. The summed E-state index contributed by atoms with van der Waals surface area (Å²) in [6.45, 7) is 2.81. The lowest BCUT2D eigenvalue weighted by Gasteiger charge is -2.26. The Morgan fingerprint density at radius 3 is 1.29 bits per heavy atom. The van der Waals surface area contributed by atoms with E-state index in [4.69, 9.17) is 55.4 Å². The summed E-state index contributed by atoms with van der Waals surface area (Å²) in [4.78, 5) is 0.925. The van der Waals surface area contributed by atoms with Crippen LogP contribution in [0.2, 0.25) is 26.2 Å². The molecule has 0 saturated carbocycles. The van der Waals surface area contributed by atoms with E-state index in [9.17, 15) is 0 Å². The van der Waals surface area contributed by atoms with Crippen LogP contribution in [0.3, 0.4) is 0 Å². The number of hydrogen-bond donors (Lipinski definition) is 0. The average Bonchev–Trinajstić information content (AvgIpc) is 1.75. The molecular weight excluding hydrogens is 334 g/mol. The van der Waals surface area contributed by atoms with Crippen LogP contribution in [-0.4, -0.2) is 20.8 Å². The average molecular weight is 347 g/mol. The van der Waals surface area contributed by atoms with Gasteiger partial charge >= 0.3 is 0 Å². The molecule has 0 aromatic carbocycles. The fourth-order valence-electron chi connectivity index (χ4n) is 1.07. The van der Waals surface area contributed by atoms with Crippen molar-refractivity contribution in [1.82, 2.24) is 0 Å². The highest BCUT2D eigenvalue weighted by molar-refractivity contribution is 7.55. The molecule has 84 valence electrons. The summed E-state index contributed by atoms with van der Waals surface area (Å²) >= 11 is 30.8.